The zero-order valence-electron chi connectivity index (χ0n) is 12.1. The predicted octanol–water partition coefficient (Wildman–Crippen LogP) is 3.16. The Kier molecular flexibility index (Phi) is 3.39. The van der Waals surface area contributed by atoms with Crippen LogP contribution in [0.2, 0.25) is 11.3 Å². The monoisotopic (exact) mass is 284 g/mol. The van der Waals surface area contributed by atoms with Crippen LogP contribution >= 0.6 is 11.6 Å². The third-order valence-corrected chi connectivity index (χ3v) is 4.30. The average molecular weight is 285 g/mol. The van der Waals surface area contributed by atoms with E-state index in [1.165, 1.54) is 28.1 Å². The molecule has 1 unspecified atom stereocenters. The van der Waals surface area contributed by atoms with Gasteiger partial charge in [0, 0.05) is 28.2 Å². The van der Waals surface area contributed by atoms with Gasteiger partial charge in [0.1, 0.15) is 14.0 Å². The number of benzene rings is 1. The normalized spacial score (nSPS) is 21.4. The number of allylic oxidation sites excluding steroid dienone is 4. The summed E-state index contributed by atoms with van der Waals surface area (Å²) in [5, 5.41) is 4.35. The highest BCUT2D eigenvalue weighted by atomic mass is 35.5. The molecule has 0 amide bonds. The zero-order valence-corrected chi connectivity index (χ0v) is 12.8. The smallest absolute Gasteiger partial charge is 0.130 e. The molecule has 2 aliphatic heterocycles. The Morgan fingerprint density at radius 3 is 2.85 bits per heavy atom. The van der Waals surface area contributed by atoms with Crippen molar-refractivity contribution in [3.8, 4) is 0 Å². The summed E-state index contributed by atoms with van der Waals surface area (Å²) < 4.78 is 0. The Morgan fingerprint density at radius 1 is 1.35 bits per heavy atom. The van der Waals surface area contributed by atoms with Crippen LogP contribution in [0.4, 0.5) is 0 Å². The third-order valence-electron chi connectivity index (χ3n) is 4.07. The van der Waals surface area contributed by atoms with Crippen molar-refractivity contribution in [1.82, 2.24) is 10.2 Å². The third kappa shape index (κ3) is 2.16. The molecule has 0 aromatic heterocycles. The fourth-order valence-electron chi connectivity index (χ4n) is 2.76. The first kappa shape index (κ1) is 13.4. The fraction of sp³-hybridized carbons (Fsp3) is 0.250. The largest absolute Gasteiger partial charge is 0.363 e. The van der Waals surface area contributed by atoms with Gasteiger partial charge in [0.25, 0.3) is 0 Å². The van der Waals surface area contributed by atoms with Crippen molar-refractivity contribution in [3.05, 3.63) is 64.1 Å². The summed E-state index contributed by atoms with van der Waals surface area (Å²) in [5.41, 5.74) is 6.32. The van der Waals surface area contributed by atoms with Gasteiger partial charge < -0.3 is 10.2 Å². The van der Waals surface area contributed by atoms with Gasteiger partial charge in [0.05, 0.1) is 0 Å². The number of rotatable bonds is 2. The molecule has 2 aliphatic rings. The highest BCUT2D eigenvalue weighted by Crippen LogP contribution is 2.35. The standard InChI is InChI=1S/C16H18BClN2/c1-10-11(2)20-9-12(8-17)6-15(16(20)19-10)13-4-3-5-14(18)7-13/h3-7,9,16,19H,8,17H2,1-2H3. The molecule has 2 heterocycles. The molecule has 102 valence electrons. The van der Waals surface area contributed by atoms with Gasteiger partial charge in [0.2, 0.25) is 0 Å². The summed E-state index contributed by atoms with van der Waals surface area (Å²) in [5.74, 6) is 0. The van der Waals surface area contributed by atoms with Crippen LogP contribution in [0.1, 0.15) is 19.4 Å². The van der Waals surface area contributed by atoms with E-state index in [9.17, 15) is 0 Å². The second-order valence-corrected chi connectivity index (χ2v) is 5.77. The molecule has 2 nitrogen and oxygen atoms in total. The van der Waals surface area contributed by atoms with Gasteiger partial charge in [-0.25, -0.2) is 0 Å². The molecule has 0 fully saturated rings. The zero-order chi connectivity index (χ0) is 14.3. The second kappa shape index (κ2) is 5.06. The molecule has 1 aromatic rings. The van der Waals surface area contributed by atoms with E-state index in [0.29, 0.717) is 0 Å². The molecule has 0 bridgehead atoms. The Balaban J connectivity index is 2.07. The first-order valence-electron chi connectivity index (χ1n) is 7.00. The lowest BCUT2D eigenvalue weighted by atomic mass is 9.90. The molecule has 1 atom stereocenters. The highest BCUT2D eigenvalue weighted by molar-refractivity contribution is 6.30. The molecule has 0 radical (unpaired) electrons. The van der Waals surface area contributed by atoms with Crippen molar-refractivity contribution >= 4 is 25.0 Å². The molecule has 3 rings (SSSR count). The maximum absolute atomic E-state index is 6.15. The van der Waals surface area contributed by atoms with Crippen LogP contribution in [-0.2, 0) is 0 Å². The van der Waals surface area contributed by atoms with Gasteiger partial charge in [-0.2, -0.15) is 0 Å². The summed E-state index contributed by atoms with van der Waals surface area (Å²) in [7, 11) is 2.19. The van der Waals surface area contributed by atoms with E-state index in [4.69, 9.17) is 11.6 Å². The molecule has 4 heteroatoms. The maximum Gasteiger partial charge on any atom is 0.130 e. The number of nitrogens with one attached hydrogen (secondary N) is 1. The average Bonchev–Trinajstić information content (AvgIpc) is 2.73. The lowest BCUT2D eigenvalue weighted by Crippen LogP contribution is -2.37. The van der Waals surface area contributed by atoms with Gasteiger partial charge in [-0.15, -0.1) is 0 Å². The van der Waals surface area contributed by atoms with Crippen LogP contribution in [-0.4, -0.2) is 18.9 Å². The molecule has 1 N–H and O–H groups in total. The first-order valence-corrected chi connectivity index (χ1v) is 7.38. The summed E-state index contributed by atoms with van der Waals surface area (Å²) in [4.78, 5) is 2.32. The van der Waals surface area contributed by atoms with Crippen molar-refractivity contribution < 1.29 is 0 Å². The Morgan fingerprint density at radius 2 is 2.15 bits per heavy atom. The van der Waals surface area contributed by atoms with Gasteiger partial charge >= 0.3 is 0 Å². The minimum Gasteiger partial charge on any atom is -0.363 e. The number of fused-ring (bicyclic) bond motifs is 1. The molecule has 0 saturated carbocycles. The van der Waals surface area contributed by atoms with Crippen molar-refractivity contribution in [2.24, 2.45) is 0 Å². The first-order chi connectivity index (χ1) is 9.60. The Hall–Kier alpha value is -1.61. The van der Waals surface area contributed by atoms with Crippen molar-refractivity contribution in [3.63, 3.8) is 0 Å². The topological polar surface area (TPSA) is 15.3 Å². The molecular weight excluding hydrogens is 266 g/mol. The predicted molar refractivity (Wildman–Crippen MR) is 88.0 cm³/mol. The highest BCUT2D eigenvalue weighted by Gasteiger charge is 2.31. The number of halogens is 1. The summed E-state index contributed by atoms with van der Waals surface area (Å²) in [6.07, 6.45) is 5.74. The van der Waals surface area contributed by atoms with E-state index >= 15 is 0 Å². The van der Waals surface area contributed by atoms with E-state index in [-0.39, 0.29) is 6.17 Å². The van der Waals surface area contributed by atoms with Crippen molar-refractivity contribution in [2.75, 3.05) is 0 Å². The molecule has 1 aromatic carbocycles. The van der Waals surface area contributed by atoms with Crippen molar-refractivity contribution in [2.45, 2.75) is 26.3 Å². The summed E-state index contributed by atoms with van der Waals surface area (Å²) >= 11 is 6.15. The van der Waals surface area contributed by atoms with Crippen LogP contribution in [0.25, 0.3) is 5.57 Å². The van der Waals surface area contributed by atoms with Crippen LogP contribution < -0.4 is 5.32 Å². The van der Waals surface area contributed by atoms with Crippen LogP contribution in [0.5, 0.6) is 0 Å². The molecule has 20 heavy (non-hydrogen) atoms. The Labute approximate surface area is 126 Å². The lowest BCUT2D eigenvalue weighted by molar-refractivity contribution is 0.408. The molecule has 0 aliphatic carbocycles. The number of hydrogen-bond acceptors (Lipinski definition) is 2. The van der Waals surface area contributed by atoms with Gasteiger partial charge in [-0.05, 0) is 37.1 Å². The minimum absolute atomic E-state index is 0.184. The SMILES string of the molecule is BCC1=CN2C(C)=C(C)NC2C(c2cccc(Cl)c2)=C1. The van der Waals surface area contributed by atoms with Crippen LogP contribution in [0.15, 0.2) is 53.5 Å². The van der Waals surface area contributed by atoms with E-state index in [0.717, 1.165) is 11.3 Å². The van der Waals surface area contributed by atoms with E-state index < -0.39 is 0 Å². The lowest BCUT2D eigenvalue weighted by Gasteiger charge is -2.32. The number of nitrogens with zero attached hydrogens (tertiary/aromatic N) is 1. The molecular formula is C16H18BClN2. The van der Waals surface area contributed by atoms with E-state index in [1.54, 1.807) is 0 Å². The molecule has 0 saturated heterocycles. The maximum atomic E-state index is 6.15. The number of hydrogen-bond donors (Lipinski definition) is 1. The Bertz CT molecular complexity index is 646. The van der Waals surface area contributed by atoms with Crippen LogP contribution in [0.3, 0.4) is 0 Å². The van der Waals surface area contributed by atoms with Crippen LogP contribution in [0, 0.1) is 0 Å². The quantitative estimate of drug-likeness (QED) is 0.839. The van der Waals surface area contributed by atoms with Gasteiger partial charge in [-0.3, -0.25) is 0 Å². The fourth-order valence-corrected chi connectivity index (χ4v) is 2.95. The summed E-state index contributed by atoms with van der Waals surface area (Å²) in [6, 6.07) is 8.09. The molecule has 0 spiro atoms. The van der Waals surface area contributed by atoms with Crippen molar-refractivity contribution in [1.29, 1.82) is 0 Å². The minimum atomic E-state index is 0.184. The summed E-state index contributed by atoms with van der Waals surface area (Å²) in [6.45, 7) is 4.29. The van der Waals surface area contributed by atoms with E-state index in [1.807, 2.05) is 18.2 Å². The van der Waals surface area contributed by atoms with Gasteiger partial charge in [-0.1, -0.05) is 36.1 Å². The van der Waals surface area contributed by atoms with Gasteiger partial charge in [0.15, 0.2) is 0 Å². The second-order valence-electron chi connectivity index (χ2n) is 5.33. The van der Waals surface area contributed by atoms with E-state index in [2.05, 4.69) is 50.3 Å².